The van der Waals surface area contributed by atoms with Gasteiger partial charge < -0.3 is 4.74 Å². The zero-order valence-corrected chi connectivity index (χ0v) is 21.0. The van der Waals surface area contributed by atoms with Crippen molar-refractivity contribution in [1.82, 2.24) is 9.21 Å². The third-order valence-corrected chi connectivity index (χ3v) is 9.39. The van der Waals surface area contributed by atoms with Crippen molar-refractivity contribution < 1.29 is 17.9 Å². The molecule has 0 spiro atoms. The van der Waals surface area contributed by atoms with Crippen molar-refractivity contribution >= 4 is 27.4 Å². The molecule has 0 unspecified atom stereocenters. The fourth-order valence-electron chi connectivity index (χ4n) is 5.31. The van der Waals surface area contributed by atoms with Gasteiger partial charge in [0.25, 0.3) is 0 Å². The van der Waals surface area contributed by atoms with Crippen LogP contribution in [-0.2, 0) is 10.0 Å². The predicted molar refractivity (Wildman–Crippen MR) is 129 cm³/mol. The first kappa shape index (κ1) is 25.5. The van der Waals surface area contributed by atoms with Crippen LogP contribution in [0.3, 0.4) is 0 Å². The van der Waals surface area contributed by atoms with Gasteiger partial charge in [0.05, 0.1) is 18.4 Å². The summed E-state index contributed by atoms with van der Waals surface area (Å²) < 4.78 is 32.0. The lowest BCUT2D eigenvalue weighted by molar-refractivity contribution is 0.0320. The first-order chi connectivity index (χ1) is 15.3. The minimum Gasteiger partial charge on any atom is -0.496 e. The number of halogens is 1. The molecule has 0 aromatic heterocycles. The normalized spacial score (nSPS) is 20.6. The molecule has 0 atom stereocenters. The van der Waals surface area contributed by atoms with Gasteiger partial charge in [0, 0.05) is 43.2 Å². The molecule has 0 bridgehead atoms. The molecule has 180 valence electrons. The summed E-state index contributed by atoms with van der Waals surface area (Å²) in [6.07, 6.45) is 8.80. The molecule has 1 aromatic carbocycles. The summed E-state index contributed by atoms with van der Waals surface area (Å²) in [6, 6.07) is 5.17. The van der Waals surface area contributed by atoms with Crippen molar-refractivity contribution in [3.63, 3.8) is 0 Å². The van der Waals surface area contributed by atoms with Crippen LogP contribution in [0.25, 0.3) is 0 Å². The molecular weight excluding hydrogens is 448 g/mol. The molecule has 8 heteroatoms. The summed E-state index contributed by atoms with van der Waals surface area (Å²) in [7, 11) is -1.60. The number of hydrogen-bond donors (Lipinski definition) is 0. The Hall–Kier alpha value is -1.15. The van der Waals surface area contributed by atoms with Crippen LogP contribution in [0.1, 0.15) is 75.1 Å². The van der Waals surface area contributed by atoms with E-state index >= 15 is 0 Å². The van der Waals surface area contributed by atoms with Crippen molar-refractivity contribution in [2.45, 2.75) is 70.3 Å². The van der Waals surface area contributed by atoms with E-state index in [9.17, 15) is 13.2 Å². The van der Waals surface area contributed by atoms with Gasteiger partial charge in [0.1, 0.15) is 5.75 Å². The highest BCUT2D eigenvalue weighted by atomic mass is 35.5. The number of Topliss-reactive ketones (excluding diaryl/α,β-unsaturated/α-hetero) is 1. The minimum absolute atomic E-state index is 0.0353. The second kappa shape index (κ2) is 11.3. The first-order valence-corrected chi connectivity index (χ1v) is 13.9. The van der Waals surface area contributed by atoms with Gasteiger partial charge in [-0.1, -0.05) is 44.2 Å². The fourth-order valence-corrected chi connectivity index (χ4v) is 6.97. The van der Waals surface area contributed by atoms with E-state index in [-0.39, 0.29) is 17.1 Å². The van der Waals surface area contributed by atoms with E-state index in [1.807, 2.05) is 6.92 Å². The molecule has 2 aliphatic rings. The van der Waals surface area contributed by atoms with Crippen LogP contribution in [0, 0.1) is 0 Å². The Morgan fingerprint density at radius 2 is 1.75 bits per heavy atom. The molecule has 0 amide bonds. The number of carbonyl (C=O) groups is 1. The molecule has 3 rings (SSSR count). The highest BCUT2D eigenvalue weighted by Gasteiger charge is 2.40. The molecule has 1 aromatic rings. The maximum absolute atomic E-state index is 13.1. The minimum atomic E-state index is -3.16. The van der Waals surface area contributed by atoms with Crippen LogP contribution >= 0.6 is 11.6 Å². The second-order valence-corrected chi connectivity index (χ2v) is 11.6. The molecular formula is C24H37ClN2O4S. The SMILES string of the molecule is CCCS(=O)(=O)N1CCN(C2(CCC(=O)c3ccc(Cl)cc3OC)CCCCCC2)CC1. The standard InChI is InChI=1S/C24H37ClN2O4S/c1-3-18-32(29,30)27-16-14-26(15-17-27)24(11-6-4-5-7-12-24)13-10-22(28)21-9-8-20(25)19-23(21)31-2/h8-9,19H,3-7,10-18H2,1-2H3. The number of methoxy groups -OCH3 is 1. The summed E-state index contributed by atoms with van der Waals surface area (Å²) >= 11 is 6.06. The van der Waals surface area contributed by atoms with Gasteiger partial charge in [-0.25, -0.2) is 8.42 Å². The summed E-state index contributed by atoms with van der Waals surface area (Å²) in [5, 5.41) is 0.550. The Bertz CT molecular complexity index is 874. The monoisotopic (exact) mass is 484 g/mol. The number of piperazine rings is 1. The first-order valence-electron chi connectivity index (χ1n) is 11.9. The summed E-state index contributed by atoms with van der Waals surface area (Å²) in [5.41, 5.74) is 0.544. The molecule has 0 radical (unpaired) electrons. The fraction of sp³-hybridized carbons (Fsp3) is 0.708. The Labute approximate surface area is 198 Å². The topological polar surface area (TPSA) is 66.9 Å². The van der Waals surface area contributed by atoms with E-state index in [2.05, 4.69) is 4.90 Å². The Kier molecular flexibility index (Phi) is 9.01. The van der Waals surface area contributed by atoms with Gasteiger partial charge in [-0.3, -0.25) is 9.69 Å². The Balaban J connectivity index is 1.72. The van der Waals surface area contributed by atoms with Crippen molar-refractivity contribution in [3.8, 4) is 5.75 Å². The van der Waals surface area contributed by atoms with Gasteiger partial charge in [-0.15, -0.1) is 0 Å². The molecule has 1 saturated carbocycles. The largest absolute Gasteiger partial charge is 0.496 e. The van der Waals surface area contributed by atoms with Gasteiger partial charge in [0.2, 0.25) is 10.0 Å². The number of nitrogens with zero attached hydrogens (tertiary/aromatic N) is 2. The predicted octanol–water partition coefficient (Wildman–Crippen LogP) is 4.76. The molecule has 1 heterocycles. The van der Waals surface area contributed by atoms with E-state index in [1.54, 1.807) is 29.6 Å². The van der Waals surface area contributed by atoms with Crippen molar-refractivity contribution in [2.24, 2.45) is 0 Å². The van der Waals surface area contributed by atoms with Crippen molar-refractivity contribution in [2.75, 3.05) is 39.0 Å². The van der Waals surface area contributed by atoms with E-state index in [1.165, 1.54) is 12.8 Å². The van der Waals surface area contributed by atoms with E-state index in [4.69, 9.17) is 16.3 Å². The number of ketones is 1. The van der Waals surface area contributed by atoms with Gasteiger partial charge in [-0.2, -0.15) is 4.31 Å². The molecule has 32 heavy (non-hydrogen) atoms. The maximum atomic E-state index is 13.1. The number of ether oxygens (including phenoxy) is 1. The molecule has 2 fully saturated rings. The Morgan fingerprint density at radius 3 is 2.34 bits per heavy atom. The molecule has 6 nitrogen and oxygen atoms in total. The molecule has 0 N–H and O–H groups in total. The zero-order chi connectivity index (χ0) is 23.2. The van der Waals surface area contributed by atoms with Crippen LogP contribution in [0.4, 0.5) is 0 Å². The average Bonchev–Trinajstić information content (AvgIpc) is 3.04. The van der Waals surface area contributed by atoms with Gasteiger partial charge >= 0.3 is 0 Å². The molecule has 1 aliphatic heterocycles. The maximum Gasteiger partial charge on any atom is 0.214 e. The van der Waals surface area contributed by atoms with Crippen LogP contribution in [-0.4, -0.2) is 68.0 Å². The van der Waals surface area contributed by atoms with Gasteiger partial charge in [-0.05, 0) is 43.9 Å². The van der Waals surface area contributed by atoms with E-state index in [0.717, 1.165) is 45.2 Å². The molecule has 1 saturated heterocycles. The Morgan fingerprint density at radius 1 is 1.09 bits per heavy atom. The number of rotatable bonds is 9. The highest BCUT2D eigenvalue weighted by Crippen LogP contribution is 2.38. The van der Waals surface area contributed by atoms with Gasteiger partial charge in [0.15, 0.2) is 5.78 Å². The number of benzene rings is 1. The van der Waals surface area contributed by atoms with Crippen LogP contribution in [0.2, 0.25) is 5.02 Å². The van der Waals surface area contributed by atoms with Crippen LogP contribution < -0.4 is 4.74 Å². The second-order valence-electron chi connectivity index (χ2n) is 9.11. The van der Waals surface area contributed by atoms with Crippen LogP contribution in [0.5, 0.6) is 5.75 Å². The van der Waals surface area contributed by atoms with Crippen molar-refractivity contribution in [3.05, 3.63) is 28.8 Å². The number of hydrogen-bond acceptors (Lipinski definition) is 5. The third kappa shape index (κ3) is 6.04. The average molecular weight is 485 g/mol. The molecule has 1 aliphatic carbocycles. The third-order valence-electron chi connectivity index (χ3n) is 7.08. The smallest absolute Gasteiger partial charge is 0.214 e. The van der Waals surface area contributed by atoms with Crippen molar-refractivity contribution in [1.29, 1.82) is 0 Å². The van der Waals surface area contributed by atoms with E-state index in [0.29, 0.717) is 42.3 Å². The number of carbonyl (C=O) groups excluding carboxylic acids is 1. The van der Waals surface area contributed by atoms with E-state index < -0.39 is 10.0 Å². The quantitative estimate of drug-likeness (QED) is 0.373. The number of sulfonamides is 1. The highest BCUT2D eigenvalue weighted by molar-refractivity contribution is 7.89. The lowest BCUT2D eigenvalue weighted by Gasteiger charge is -2.48. The van der Waals surface area contributed by atoms with Crippen LogP contribution in [0.15, 0.2) is 18.2 Å². The lowest BCUT2D eigenvalue weighted by Crippen LogP contribution is -2.58. The zero-order valence-electron chi connectivity index (χ0n) is 19.4. The summed E-state index contributed by atoms with van der Waals surface area (Å²) in [6.45, 7) is 4.47. The summed E-state index contributed by atoms with van der Waals surface area (Å²) in [4.78, 5) is 15.6. The summed E-state index contributed by atoms with van der Waals surface area (Å²) in [5.74, 6) is 0.814. The lowest BCUT2D eigenvalue weighted by atomic mass is 9.82.